The van der Waals surface area contributed by atoms with Gasteiger partial charge < -0.3 is 9.47 Å². The smallest absolute Gasteiger partial charge is 0.319 e. The quantitative estimate of drug-likeness (QED) is 0.617. The molecule has 1 aromatic carbocycles. The third kappa shape index (κ3) is 3.36. The van der Waals surface area contributed by atoms with E-state index in [1.165, 1.54) is 41.9 Å². The predicted molar refractivity (Wildman–Crippen MR) is 115 cm³/mol. The standard InChI is InChI=1S/C22H26N4O2S/c1-13-5-4-8-26(13)16-9-15(10-16)21-24-18-7-6-14(11-19(18)29-21)17-12-23-22(28-3)25-20(17)27-2/h6-7,11-13,15-16H,4-5,8-10H2,1-3H3/t13-,15?,16?/m0/s1. The molecule has 1 saturated heterocycles. The van der Waals surface area contributed by atoms with Gasteiger partial charge in [0.05, 0.1) is 35.0 Å². The second kappa shape index (κ2) is 7.54. The van der Waals surface area contributed by atoms with E-state index < -0.39 is 0 Å². The average Bonchev–Trinajstić information content (AvgIpc) is 3.32. The first-order valence-corrected chi connectivity index (χ1v) is 11.1. The summed E-state index contributed by atoms with van der Waals surface area (Å²) in [5.41, 5.74) is 2.96. The van der Waals surface area contributed by atoms with Crippen molar-refractivity contribution >= 4 is 21.6 Å². The molecule has 0 spiro atoms. The van der Waals surface area contributed by atoms with Crippen LogP contribution in [0.25, 0.3) is 21.3 Å². The van der Waals surface area contributed by atoms with Gasteiger partial charge >= 0.3 is 6.01 Å². The lowest BCUT2D eigenvalue weighted by Crippen LogP contribution is -2.45. The van der Waals surface area contributed by atoms with E-state index in [0.717, 1.165) is 28.7 Å². The fourth-order valence-corrected chi connectivity index (χ4v) is 5.78. The molecule has 1 aliphatic heterocycles. The number of aromatic nitrogens is 3. The van der Waals surface area contributed by atoms with Gasteiger partial charge in [0.15, 0.2) is 0 Å². The topological polar surface area (TPSA) is 60.4 Å². The number of rotatable bonds is 5. The van der Waals surface area contributed by atoms with E-state index in [1.54, 1.807) is 20.4 Å². The molecule has 0 radical (unpaired) electrons. The van der Waals surface area contributed by atoms with E-state index in [0.29, 0.717) is 17.8 Å². The molecule has 0 unspecified atom stereocenters. The summed E-state index contributed by atoms with van der Waals surface area (Å²) in [6.07, 6.45) is 6.95. The molecular weight excluding hydrogens is 384 g/mol. The lowest BCUT2D eigenvalue weighted by molar-refractivity contribution is 0.103. The van der Waals surface area contributed by atoms with Crippen molar-refractivity contribution in [2.45, 2.75) is 50.6 Å². The number of hydrogen-bond acceptors (Lipinski definition) is 7. The molecule has 6 nitrogen and oxygen atoms in total. The summed E-state index contributed by atoms with van der Waals surface area (Å²) in [7, 11) is 3.16. The third-order valence-electron chi connectivity index (χ3n) is 6.36. The summed E-state index contributed by atoms with van der Waals surface area (Å²) in [6, 6.07) is 8.13. The van der Waals surface area contributed by atoms with Crippen LogP contribution in [0, 0.1) is 0 Å². The van der Waals surface area contributed by atoms with Crippen LogP contribution in [0.15, 0.2) is 24.4 Å². The molecule has 2 aliphatic rings. The van der Waals surface area contributed by atoms with Crippen molar-refractivity contribution in [3.05, 3.63) is 29.4 Å². The predicted octanol–water partition coefficient (Wildman–Crippen LogP) is 4.50. The number of fused-ring (bicyclic) bond motifs is 1. The molecule has 3 heterocycles. The molecule has 1 aliphatic carbocycles. The zero-order valence-electron chi connectivity index (χ0n) is 17.1. The third-order valence-corrected chi connectivity index (χ3v) is 7.54. The number of nitrogens with zero attached hydrogens (tertiary/aromatic N) is 4. The van der Waals surface area contributed by atoms with Crippen LogP contribution in [0.4, 0.5) is 0 Å². The van der Waals surface area contributed by atoms with Crippen LogP contribution in [0.2, 0.25) is 0 Å². The normalized spacial score (nSPS) is 24.6. The molecule has 0 amide bonds. The summed E-state index contributed by atoms with van der Waals surface area (Å²) >= 11 is 1.82. The molecular formula is C22H26N4O2S. The summed E-state index contributed by atoms with van der Waals surface area (Å²) < 4.78 is 11.8. The number of ether oxygens (including phenoxy) is 2. The van der Waals surface area contributed by atoms with Crippen LogP contribution >= 0.6 is 11.3 Å². The lowest BCUT2D eigenvalue weighted by Gasteiger charge is -2.42. The molecule has 152 valence electrons. The van der Waals surface area contributed by atoms with Crippen LogP contribution < -0.4 is 9.47 Å². The molecule has 0 bridgehead atoms. The Hall–Kier alpha value is -2.25. The van der Waals surface area contributed by atoms with Gasteiger partial charge in [-0.25, -0.2) is 9.97 Å². The van der Waals surface area contributed by atoms with Crippen LogP contribution in [-0.4, -0.2) is 52.7 Å². The molecule has 0 N–H and O–H groups in total. The Morgan fingerprint density at radius 2 is 2.00 bits per heavy atom. The maximum Gasteiger partial charge on any atom is 0.319 e. The second-order valence-corrected chi connectivity index (χ2v) is 9.13. The van der Waals surface area contributed by atoms with E-state index in [-0.39, 0.29) is 0 Å². The molecule has 1 atom stereocenters. The Morgan fingerprint density at radius 1 is 1.14 bits per heavy atom. The highest BCUT2D eigenvalue weighted by Crippen LogP contribution is 2.44. The summed E-state index contributed by atoms with van der Waals surface area (Å²) in [6.45, 7) is 3.64. The molecule has 5 rings (SSSR count). The molecule has 2 aromatic heterocycles. The van der Waals surface area contributed by atoms with Gasteiger partial charge in [0.1, 0.15) is 0 Å². The van der Waals surface area contributed by atoms with Crippen molar-refractivity contribution in [3.8, 4) is 23.0 Å². The van der Waals surface area contributed by atoms with E-state index in [9.17, 15) is 0 Å². The second-order valence-electron chi connectivity index (χ2n) is 8.07. The van der Waals surface area contributed by atoms with E-state index in [1.807, 2.05) is 11.3 Å². The van der Waals surface area contributed by atoms with E-state index >= 15 is 0 Å². The Morgan fingerprint density at radius 3 is 2.72 bits per heavy atom. The minimum absolute atomic E-state index is 0.304. The largest absolute Gasteiger partial charge is 0.480 e. The Labute approximate surface area is 174 Å². The Balaban J connectivity index is 1.37. The maximum atomic E-state index is 5.45. The SMILES string of the molecule is COc1ncc(-c2ccc3nc(C4CC(N5CCC[C@@H]5C)C4)sc3c2)c(OC)n1. The molecule has 1 saturated carbocycles. The van der Waals surface area contributed by atoms with E-state index in [4.69, 9.17) is 14.5 Å². The lowest BCUT2D eigenvalue weighted by atomic mass is 9.79. The molecule has 2 fully saturated rings. The van der Waals surface area contributed by atoms with Crippen molar-refractivity contribution < 1.29 is 9.47 Å². The van der Waals surface area contributed by atoms with Crippen molar-refractivity contribution in [1.29, 1.82) is 0 Å². The number of benzene rings is 1. The minimum atomic E-state index is 0.304. The highest BCUT2D eigenvalue weighted by Gasteiger charge is 2.39. The first-order valence-electron chi connectivity index (χ1n) is 10.3. The van der Waals surface area contributed by atoms with Crippen LogP contribution in [0.5, 0.6) is 11.9 Å². The first kappa shape index (κ1) is 18.8. The summed E-state index contributed by atoms with van der Waals surface area (Å²) in [5.74, 6) is 1.12. The number of likely N-dealkylation sites (tertiary alicyclic amines) is 1. The fourth-order valence-electron chi connectivity index (χ4n) is 4.65. The highest BCUT2D eigenvalue weighted by molar-refractivity contribution is 7.18. The first-order chi connectivity index (χ1) is 14.2. The zero-order chi connectivity index (χ0) is 20.0. The van der Waals surface area contributed by atoms with E-state index in [2.05, 4.69) is 40.0 Å². The van der Waals surface area contributed by atoms with Gasteiger partial charge in [0, 0.05) is 24.2 Å². The van der Waals surface area contributed by atoms with Gasteiger partial charge in [0.2, 0.25) is 5.88 Å². The fraction of sp³-hybridized carbons (Fsp3) is 0.500. The highest BCUT2D eigenvalue weighted by atomic mass is 32.1. The van der Waals surface area contributed by atoms with Crippen LogP contribution in [-0.2, 0) is 0 Å². The van der Waals surface area contributed by atoms with Gasteiger partial charge in [-0.1, -0.05) is 6.07 Å². The van der Waals surface area contributed by atoms with Gasteiger partial charge in [0.25, 0.3) is 0 Å². The van der Waals surface area contributed by atoms with Gasteiger partial charge in [-0.3, -0.25) is 4.90 Å². The van der Waals surface area contributed by atoms with Crippen molar-refractivity contribution in [2.75, 3.05) is 20.8 Å². The molecule has 7 heteroatoms. The summed E-state index contributed by atoms with van der Waals surface area (Å²) in [5, 5.41) is 1.28. The van der Waals surface area contributed by atoms with Crippen molar-refractivity contribution in [3.63, 3.8) is 0 Å². The number of thiazole rings is 1. The summed E-state index contributed by atoms with van der Waals surface area (Å²) in [4.78, 5) is 16.2. The zero-order valence-corrected chi connectivity index (χ0v) is 17.9. The molecule has 3 aromatic rings. The van der Waals surface area contributed by atoms with Gasteiger partial charge in [-0.2, -0.15) is 4.98 Å². The Bertz CT molecular complexity index is 1030. The number of hydrogen-bond donors (Lipinski definition) is 0. The van der Waals surface area contributed by atoms with Crippen molar-refractivity contribution in [2.24, 2.45) is 0 Å². The Kier molecular flexibility index (Phi) is 4.87. The van der Waals surface area contributed by atoms with Crippen LogP contribution in [0.1, 0.15) is 43.5 Å². The minimum Gasteiger partial charge on any atom is -0.480 e. The van der Waals surface area contributed by atoms with Crippen molar-refractivity contribution in [1.82, 2.24) is 19.9 Å². The van der Waals surface area contributed by atoms with Gasteiger partial charge in [-0.05, 0) is 56.8 Å². The number of methoxy groups -OCH3 is 2. The monoisotopic (exact) mass is 410 g/mol. The van der Waals surface area contributed by atoms with Gasteiger partial charge in [-0.15, -0.1) is 11.3 Å². The molecule has 29 heavy (non-hydrogen) atoms. The maximum absolute atomic E-state index is 5.45. The van der Waals surface area contributed by atoms with Crippen LogP contribution in [0.3, 0.4) is 0 Å². The average molecular weight is 411 g/mol.